The van der Waals surface area contributed by atoms with E-state index in [2.05, 4.69) is 6.92 Å². The molecule has 1 amide bonds. The fourth-order valence-corrected chi connectivity index (χ4v) is 3.22. The Morgan fingerprint density at radius 2 is 1.72 bits per heavy atom. The van der Waals surface area contributed by atoms with Crippen LogP contribution in [0.4, 0.5) is 4.39 Å². The van der Waals surface area contributed by atoms with E-state index in [1.165, 1.54) is 6.07 Å². The Morgan fingerprint density at radius 3 is 2.28 bits per heavy atom. The van der Waals surface area contributed by atoms with Gasteiger partial charge in [0, 0.05) is 24.1 Å². The number of piperidine rings is 1. The first-order valence-electron chi connectivity index (χ1n) is 9.05. The summed E-state index contributed by atoms with van der Waals surface area (Å²) in [5.41, 5.74) is -0.323. The van der Waals surface area contributed by atoms with Crippen LogP contribution in [0.25, 0.3) is 0 Å². The van der Waals surface area contributed by atoms with Gasteiger partial charge in [-0.2, -0.15) is 0 Å². The van der Waals surface area contributed by atoms with Gasteiger partial charge in [0.15, 0.2) is 0 Å². The third kappa shape index (κ3) is 3.47. The third-order valence-electron chi connectivity index (χ3n) is 5.82. The summed E-state index contributed by atoms with van der Waals surface area (Å²) in [7, 11) is -0.806. The molecule has 0 saturated carbocycles. The van der Waals surface area contributed by atoms with Gasteiger partial charge in [-0.05, 0) is 64.7 Å². The summed E-state index contributed by atoms with van der Waals surface area (Å²) in [5, 5.41) is 0. The van der Waals surface area contributed by atoms with Crippen LogP contribution in [0.3, 0.4) is 0 Å². The molecule has 6 heteroatoms. The highest BCUT2D eigenvalue weighted by Crippen LogP contribution is 2.36. The molecule has 2 fully saturated rings. The highest BCUT2D eigenvalue weighted by Gasteiger charge is 2.52. The van der Waals surface area contributed by atoms with E-state index in [-0.39, 0.29) is 11.4 Å². The number of halogens is 1. The summed E-state index contributed by atoms with van der Waals surface area (Å²) in [5.74, 6) is 0.185. The second-order valence-corrected chi connectivity index (χ2v) is 8.30. The lowest BCUT2D eigenvalue weighted by atomic mass is 9.77. The molecule has 1 aromatic carbocycles. The van der Waals surface area contributed by atoms with Crippen molar-refractivity contribution in [2.75, 3.05) is 13.1 Å². The minimum atomic E-state index is -0.806. The van der Waals surface area contributed by atoms with E-state index in [1.807, 2.05) is 32.6 Å². The molecule has 0 atom stereocenters. The second-order valence-electron chi connectivity index (χ2n) is 8.30. The van der Waals surface area contributed by atoms with E-state index < -0.39 is 24.1 Å². The largest absolute Gasteiger partial charge is 0.497 e. The van der Waals surface area contributed by atoms with Crippen molar-refractivity contribution in [1.82, 2.24) is 4.90 Å². The van der Waals surface area contributed by atoms with Gasteiger partial charge in [0.2, 0.25) is 0 Å². The van der Waals surface area contributed by atoms with Crippen LogP contribution in [0.2, 0.25) is 0 Å². The summed E-state index contributed by atoms with van der Waals surface area (Å²) < 4.78 is 26.3. The third-order valence-corrected chi connectivity index (χ3v) is 5.82. The molecular weight excluding hydrogens is 320 g/mol. The predicted octanol–water partition coefficient (Wildman–Crippen LogP) is 3.00. The summed E-state index contributed by atoms with van der Waals surface area (Å²) in [6, 6.07) is 4.46. The van der Waals surface area contributed by atoms with Crippen molar-refractivity contribution in [3.8, 4) is 0 Å². The fourth-order valence-electron chi connectivity index (χ4n) is 3.22. The Labute approximate surface area is 149 Å². The second kappa shape index (κ2) is 6.40. The Bertz CT molecular complexity index is 653. The number of carbonyl (C=O) groups excluding carboxylic acids is 1. The van der Waals surface area contributed by atoms with Gasteiger partial charge in [-0.1, -0.05) is 6.92 Å². The highest BCUT2D eigenvalue weighted by atomic mass is 19.1. The Morgan fingerprint density at radius 1 is 1.16 bits per heavy atom. The van der Waals surface area contributed by atoms with Crippen LogP contribution >= 0.6 is 0 Å². The van der Waals surface area contributed by atoms with Gasteiger partial charge in [-0.25, -0.2) is 4.39 Å². The summed E-state index contributed by atoms with van der Waals surface area (Å²) in [4.78, 5) is 14.6. The standard InChI is InChI=1S/C19H27BFNO3/c1-13-8-10-22(11-9-13)17(23)14-6-7-16(21)15(12-14)20-24-18(2,3)19(4,5)25-20/h6-7,12-13H,8-11H2,1-5H3. The molecule has 2 aliphatic heterocycles. The van der Waals surface area contributed by atoms with E-state index in [4.69, 9.17) is 9.31 Å². The van der Waals surface area contributed by atoms with Crippen molar-refractivity contribution < 1.29 is 18.5 Å². The van der Waals surface area contributed by atoms with Crippen LogP contribution in [-0.2, 0) is 9.31 Å². The van der Waals surface area contributed by atoms with Crippen molar-refractivity contribution >= 4 is 18.5 Å². The molecule has 0 unspecified atom stereocenters. The van der Waals surface area contributed by atoms with Crippen LogP contribution in [0, 0.1) is 11.7 Å². The molecule has 4 nitrogen and oxygen atoms in total. The number of benzene rings is 1. The molecule has 0 spiro atoms. The van der Waals surface area contributed by atoms with Gasteiger partial charge in [-0.3, -0.25) is 4.79 Å². The van der Waals surface area contributed by atoms with Crippen molar-refractivity contribution in [2.45, 2.75) is 58.7 Å². The number of carbonyl (C=O) groups is 1. The van der Waals surface area contributed by atoms with Crippen molar-refractivity contribution in [3.05, 3.63) is 29.6 Å². The smallest absolute Gasteiger partial charge is 0.399 e. The Kier molecular flexibility index (Phi) is 4.71. The maximum absolute atomic E-state index is 14.4. The number of amides is 1. The van der Waals surface area contributed by atoms with Crippen molar-refractivity contribution in [2.24, 2.45) is 5.92 Å². The molecule has 0 aliphatic carbocycles. The van der Waals surface area contributed by atoms with Crippen molar-refractivity contribution in [3.63, 3.8) is 0 Å². The van der Waals surface area contributed by atoms with Gasteiger partial charge in [0.05, 0.1) is 11.2 Å². The lowest BCUT2D eigenvalue weighted by molar-refractivity contribution is 0.00578. The van der Waals surface area contributed by atoms with Crippen LogP contribution < -0.4 is 5.46 Å². The van der Waals surface area contributed by atoms with Crippen molar-refractivity contribution in [1.29, 1.82) is 0 Å². The van der Waals surface area contributed by atoms with E-state index in [0.717, 1.165) is 25.9 Å². The molecule has 25 heavy (non-hydrogen) atoms. The first-order valence-corrected chi connectivity index (χ1v) is 9.05. The van der Waals surface area contributed by atoms with E-state index in [1.54, 1.807) is 12.1 Å². The van der Waals surface area contributed by atoms with Gasteiger partial charge in [0.25, 0.3) is 5.91 Å². The average molecular weight is 347 g/mol. The quantitative estimate of drug-likeness (QED) is 0.772. The zero-order chi connectivity index (χ0) is 18.4. The summed E-state index contributed by atoms with van der Waals surface area (Å²) >= 11 is 0. The first-order chi connectivity index (χ1) is 11.6. The maximum atomic E-state index is 14.4. The Balaban J connectivity index is 1.83. The molecule has 0 N–H and O–H groups in total. The predicted molar refractivity (Wildman–Crippen MR) is 96.4 cm³/mol. The normalized spacial score (nSPS) is 23.1. The fraction of sp³-hybridized carbons (Fsp3) is 0.632. The number of likely N-dealkylation sites (tertiary alicyclic amines) is 1. The minimum absolute atomic E-state index is 0.0512. The minimum Gasteiger partial charge on any atom is -0.399 e. The zero-order valence-corrected chi connectivity index (χ0v) is 15.8. The summed E-state index contributed by atoms with van der Waals surface area (Å²) in [6.45, 7) is 11.4. The highest BCUT2D eigenvalue weighted by molar-refractivity contribution is 6.62. The average Bonchev–Trinajstić information content (AvgIpc) is 2.76. The summed E-state index contributed by atoms with van der Waals surface area (Å²) in [6.07, 6.45) is 2.02. The van der Waals surface area contributed by atoms with Gasteiger partial charge >= 0.3 is 7.12 Å². The topological polar surface area (TPSA) is 38.8 Å². The molecule has 136 valence electrons. The van der Waals surface area contributed by atoms with Gasteiger partial charge in [-0.15, -0.1) is 0 Å². The molecule has 2 saturated heterocycles. The number of hydrogen-bond donors (Lipinski definition) is 0. The lowest BCUT2D eigenvalue weighted by Gasteiger charge is -2.32. The van der Waals surface area contributed by atoms with Crippen LogP contribution in [0.1, 0.15) is 57.8 Å². The zero-order valence-electron chi connectivity index (χ0n) is 15.8. The SMILES string of the molecule is CC1CCN(C(=O)c2ccc(F)c(B3OC(C)(C)C(C)(C)O3)c2)CC1. The van der Waals surface area contributed by atoms with Crippen LogP contribution in [0.15, 0.2) is 18.2 Å². The van der Waals surface area contributed by atoms with Crippen LogP contribution in [-0.4, -0.2) is 42.2 Å². The van der Waals surface area contributed by atoms with E-state index in [9.17, 15) is 9.18 Å². The molecule has 0 aromatic heterocycles. The van der Waals surface area contributed by atoms with Crippen LogP contribution in [0.5, 0.6) is 0 Å². The molecule has 1 aromatic rings. The molecule has 0 radical (unpaired) electrons. The van der Waals surface area contributed by atoms with E-state index in [0.29, 0.717) is 11.5 Å². The Hall–Kier alpha value is -1.40. The molecule has 2 heterocycles. The molecule has 2 aliphatic rings. The number of nitrogens with zero attached hydrogens (tertiary/aromatic N) is 1. The van der Waals surface area contributed by atoms with Gasteiger partial charge in [0.1, 0.15) is 5.82 Å². The lowest BCUT2D eigenvalue weighted by Crippen LogP contribution is -2.41. The molecule has 0 bridgehead atoms. The van der Waals surface area contributed by atoms with E-state index >= 15 is 0 Å². The van der Waals surface area contributed by atoms with Gasteiger partial charge < -0.3 is 14.2 Å². The first kappa shape index (κ1) is 18.4. The maximum Gasteiger partial charge on any atom is 0.497 e. The number of rotatable bonds is 2. The number of hydrogen-bond acceptors (Lipinski definition) is 3. The molecule has 3 rings (SSSR count). The molecular formula is C19H27BFNO3. The monoisotopic (exact) mass is 347 g/mol.